The van der Waals surface area contributed by atoms with Crippen LogP contribution in [-0.2, 0) is 6.61 Å². The molecule has 0 atom stereocenters. The quantitative estimate of drug-likeness (QED) is 0.315. The molecule has 0 bridgehead atoms. The largest absolute Gasteiger partial charge is 0.507 e. The average Bonchev–Trinajstić information content (AvgIpc) is 2.89. The average molecular weight is 501 g/mol. The van der Waals surface area contributed by atoms with Crippen LogP contribution in [0.2, 0.25) is 0 Å². The van der Waals surface area contributed by atoms with Gasteiger partial charge in [-0.3, -0.25) is 0 Å². The molecule has 194 valence electrons. The number of benzene rings is 3. The van der Waals surface area contributed by atoms with Gasteiger partial charge >= 0.3 is 5.97 Å². The second-order valence-corrected chi connectivity index (χ2v) is 7.97. The lowest BCUT2D eigenvalue weighted by Gasteiger charge is -2.22. The first kappa shape index (κ1) is 26.7. The smallest absolute Gasteiger partial charge is 0.336 e. The molecule has 0 saturated heterocycles. The van der Waals surface area contributed by atoms with Gasteiger partial charge in [0, 0.05) is 21.9 Å². The minimum absolute atomic E-state index is 0.137. The highest BCUT2D eigenvalue weighted by Gasteiger charge is 2.30. The Bertz CT molecular complexity index is 1250. The van der Waals surface area contributed by atoms with Crippen LogP contribution < -0.4 is 23.7 Å². The third-order valence-corrected chi connectivity index (χ3v) is 5.70. The van der Waals surface area contributed by atoms with Crippen LogP contribution in [0.4, 0.5) is 0 Å². The first-order valence-electron chi connectivity index (χ1n) is 11.6. The van der Waals surface area contributed by atoms with Crippen molar-refractivity contribution in [1.29, 1.82) is 0 Å². The number of aromatic carboxylic acids is 1. The molecule has 9 heteroatoms. The first-order valence-corrected chi connectivity index (χ1v) is 11.6. The normalized spacial score (nSPS) is 10.8. The maximum atomic E-state index is 12.5. The summed E-state index contributed by atoms with van der Waals surface area (Å²) in [6.07, 6.45) is 1.57. The minimum Gasteiger partial charge on any atom is -0.507 e. The van der Waals surface area contributed by atoms with E-state index in [1.54, 1.807) is 18.2 Å². The van der Waals surface area contributed by atoms with Gasteiger partial charge in [0.25, 0.3) is 0 Å². The van der Waals surface area contributed by atoms with E-state index < -0.39 is 18.3 Å². The number of aliphatic hydroxyl groups is 1. The molecule has 3 aromatic rings. The van der Waals surface area contributed by atoms with E-state index in [0.717, 1.165) is 12.8 Å². The highest BCUT2D eigenvalue weighted by Crippen LogP contribution is 2.52. The highest BCUT2D eigenvalue weighted by atomic mass is 16.5. The third-order valence-electron chi connectivity index (χ3n) is 5.70. The number of phenols is 1. The summed E-state index contributed by atoms with van der Waals surface area (Å²) in [5.41, 5.74) is 0.284. The molecule has 9 nitrogen and oxygen atoms in total. The van der Waals surface area contributed by atoms with Crippen LogP contribution in [0.15, 0.2) is 24.3 Å². The molecule has 0 aliphatic carbocycles. The monoisotopic (exact) mass is 500 g/mol. The Morgan fingerprint density at radius 1 is 0.861 bits per heavy atom. The van der Waals surface area contributed by atoms with Gasteiger partial charge in [0.1, 0.15) is 5.75 Å². The number of hydrogen-bond acceptors (Lipinski definition) is 8. The third kappa shape index (κ3) is 4.79. The molecule has 3 aromatic carbocycles. The van der Waals surface area contributed by atoms with Gasteiger partial charge < -0.3 is 39.0 Å². The van der Waals surface area contributed by atoms with E-state index in [2.05, 4.69) is 0 Å². The molecule has 0 amide bonds. The van der Waals surface area contributed by atoms with Crippen LogP contribution >= 0.6 is 0 Å². The van der Waals surface area contributed by atoms with Crippen molar-refractivity contribution in [2.45, 2.75) is 33.3 Å². The van der Waals surface area contributed by atoms with Gasteiger partial charge in [0.15, 0.2) is 23.0 Å². The molecule has 3 rings (SSSR count). The molecule has 0 radical (unpaired) electrons. The Morgan fingerprint density at radius 2 is 1.50 bits per heavy atom. The molecule has 3 N–H and O–H groups in total. The van der Waals surface area contributed by atoms with Crippen LogP contribution in [0.1, 0.15) is 42.6 Å². The Kier molecular flexibility index (Phi) is 8.71. The maximum absolute atomic E-state index is 12.5. The van der Waals surface area contributed by atoms with E-state index in [1.807, 2.05) is 13.8 Å². The van der Waals surface area contributed by atoms with E-state index in [9.17, 15) is 20.1 Å². The van der Waals surface area contributed by atoms with Crippen molar-refractivity contribution in [2.75, 3.05) is 34.5 Å². The van der Waals surface area contributed by atoms with Gasteiger partial charge in [-0.25, -0.2) is 4.79 Å². The summed E-state index contributed by atoms with van der Waals surface area (Å²) in [7, 11) is 4.28. The van der Waals surface area contributed by atoms with Crippen LogP contribution in [0.25, 0.3) is 21.9 Å². The van der Waals surface area contributed by atoms with Crippen molar-refractivity contribution in [2.24, 2.45) is 0 Å². The lowest BCUT2D eigenvalue weighted by atomic mass is 9.87. The number of ether oxygens (including phenoxy) is 5. The Balaban J connectivity index is 2.52. The molecule has 0 aliphatic heterocycles. The van der Waals surface area contributed by atoms with Crippen LogP contribution in [0, 0.1) is 0 Å². The van der Waals surface area contributed by atoms with Crippen molar-refractivity contribution in [1.82, 2.24) is 0 Å². The van der Waals surface area contributed by atoms with E-state index >= 15 is 0 Å². The van der Waals surface area contributed by atoms with Gasteiger partial charge in [-0.2, -0.15) is 0 Å². The molecular weight excluding hydrogens is 468 g/mol. The number of methoxy groups -OCH3 is 3. The van der Waals surface area contributed by atoms with Crippen molar-refractivity contribution >= 4 is 16.7 Å². The van der Waals surface area contributed by atoms with Crippen molar-refractivity contribution in [3.63, 3.8) is 0 Å². The zero-order chi connectivity index (χ0) is 26.4. The van der Waals surface area contributed by atoms with Gasteiger partial charge in [0.2, 0.25) is 5.75 Å². The topological polar surface area (TPSA) is 124 Å². The molecular formula is C27H32O9. The molecule has 0 aromatic heterocycles. The van der Waals surface area contributed by atoms with Gasteiger partial charge in [-0.05, 0) is 36.6 Å². The molecule has 0 saturated carbocycles. The van der Waals surface area contributed by atoms with Crippen LogP contribution in [-0.4, -0.2) is 55.8 Å². The lowest BCUT2D eigenvalue weighted by molar-refractivity contribution is 0.0693. The van der Waals surface area contributed by atoms with E-state index in [1.165, 1.54) is 27.4 Å². The van der Waals surface area contributed by atoms with Gasteiger partial charge in [-0.1, -0.05) is 19.9 Å². The fourth-order valence-electron chi connectivity index (χ4n) is 4.15. The van der Waals surface area contributed by atoms with E-state index in [0.29, 0.717) is 30.3 Å². The second-order valence-electron chi connectivity index (χ2n) is 7.97. The number of carbonyl (C=O) groups is 1. The molecule has 0 unspecified atom stereocenters. The summed E-state index contributed by atoms with van der Waals surface area (Å²) in [5.74, 6) is -0.0694. The van der Waals surface area contributed by atoms with Crippen molar-refractivity contribution in [3.8, 4) is 45.6 Å². The summed E-state index contributed by atoms with van der Waals surface area (Å²) in [5, 5.41) is 31.9. The molecule has 0 spiro atoms. The summed E-state index contributed by atoms with van der Waals surface area (Å²) >= 11 is 0. The van der Waals surface area contributed by atoms with E-state index in [4.69, 9.17) is 23.7 Å². The molecule has 36 heavy (non-hydrogen) atoms. The van der Waals surface area contributed by atoms with Crippen molar-refractivity contribution in [3.05, 3.63) is 35.4 Å². The fourth-order valence-corrected chi connectivity index (χ4v) is 4.15. The lowest BCUT2D eigenvalue weighted by Crippen LogP contribution is -2.09. The fraction of sp³-hybridized carbons (Fsp3) is 0.370. The van der Waals surface area contributed by atoms with Crippen LogP contribution in [0.5, 0.6) is 34.5 Å². The number of carboxylic acids is 1. The number of aliphatic hydroxyl groups excluding tert-OH is 1. The van der Waals surface area contributed by atoms with Crippen LogP contribution in [0.3, 0.4) is 0 Å². The second kappa shape index (κ2) is 11.7. The molecule has 0 aliphatic rings. The standard InChI is InChI=1S/C27H32O9/c1-6-10-35-18-9-8-15(12-19(18)36-11-7-2)21-22-16(24(29)17(14-28)23(21)27(30)31)13-20(32-3)25(33-4)26(22)34-5/h8-9,12-13,28-29H,6-7,10-11,14H2,1-5H3,(H,30,31). The number of fused-ring (bicyclic) bond motifs is 1. The zero-order valence-electron chi connectivity index (χ0n) is 21.1. The van der Waals surface area contributed by atoms with Gasteiger partial charge in [-0.15, -0.1) is 0 Å². The maximum Gasteiger partial charge on any atom is 0.336 e. The number of rotatable bonds is 12. The van der Waals surface area contributed by atoms with E-state index in [-0.39, 0.29) is 44.7 Å². The summed E-state index contributed by atoms with van der Waals surface area (Å²) in [6, 6.07) is 6.63. The summed E-state index contributed by atoms with van der Waals surface area (Å²) in [4.78, 5) is 12.5. The Hall–Kier alpha value is -3.85. The number of hydrogen-bond donors (Lipinski definition) is 3. The summed E-state index contributed by atoms with van der Waals surface area (Å²) in [6.45, 7) is 4.19. The minimum atomic E-state index is -1.33. The van der Waals surface area contributed by atoms with Crippen molar-refractivity contribution < 1.29 is 43.8 Å². The predicted octanol–water partition coefficient (Wildman–Crippen LogP) is 5.01. The summed E-state index contributed by atoms with van der Waals surface area (Å²) < 4.78 is 28.4. The Morgan fingerprint density at radius 3 is 2.03 bits per heavy atom. The van der Waals surface area contributed by atoms with Gasteiger partial charge in [0.05, 0.1) is 46.7 Å². The molecule has 0 heterocycles. The molecule has 0 fully saturated rings. The Labute approximate surface area is 209 Å². The SMILES string of the molecule is CCCOc1ccc(-c2c(C(=O)O)c(CO)c(O)c3cc(OC)c(OC)c(OC)c23)cc1OCCC. The number of aromatic hydroxyl groups is 1. The zero-order valence-corrected chi connectivity index (χ0v) is 21.1. The number of carboxylic acid groups (broad SMARTS) is 1. The first-order chi connectivity index (χ1) is 17.4. The predicted molar refractivity (Wildman–Crippen MR) is 135 cm³/mol. The highest BCUT2D eigenvalue weighted by molar-refractivity contribution is 6.15.